The van der Waals surface area contributed by atoms with Gasteiger partial charge in [0.2, 0.25) is 5.95 Å². The van der Waals surface area contributed by atoms with Gasteiger partial charge in [-0.3, -0.25) is 4.79 Å². The molecule has 202 valence electrons. The van der Waals surface area contributed by atoms with Crippen molar-refractivity contribution in [3.05, 3.63) is 59.4 Å². The van der Waals surface area contributed by atoms with Crippen molar-refractivity contribution < 1.29 is 9.90 Å². The molecule has 0 spiro atoms. The van der Waals surface area contributed by atoms with E-state index in [9.17, 15) is 9.90 Å². The van der Waals surface area contributed by atoms with Gasteiger partial charge in [0, 0.05) is 43.8 Å². The van der Waals surface area contributed by atoms with Gasteiger partial charge in [-0.2, -0.15) is 4.98 Å². The molecule has 0 bridgehead atoms. The van der Waals surface area contributed by atoms with E-state index in [1.807, 2.05) is 31.2 Å². The van der Waals surface area contributed by atoms with Crippen molar-refractivity contribution in [1.29, 1.82) is 0 Å². The lowest BCUT2D eigenvalue weighted by Gasteiger charge is -2.34. The van der Waals surface area contributed by atoms with E-state index < -0.39 is 11.5 Å². The average Bonchev–Trinajstić information content (AvgIpc) is 3.29. The fraction of sp³-hybridized carbons (Fsp3) is 0.379. The van der Waals surface area contributed by atoms with Crippen LogP contribution in [0.4, 0.5) is 29.0 Å². The molecule has 0 saturated carbocycles. The zero-order chi connectivity index (χ0) is 27.4. The Morgan fingerprint density at radius 1 is 1.10 bits per heavy atom. The summed E-state index contributed by atoms with van der Waals surface area (Å²) in [6, 6.07) is 11.9. The number of pyridine rings is 1. The molecule has 0 radical (unpaired) electrons. The molecule has 1 amide bonds. The van der Waals surface area contributed by atoms with Crippen molar-refractivity contribution >= 4 is 34.9 Å². The molecule has 2 aromatic heterocycles. The SMILES string of the molecule is C#CCNC(=O)c1cnc(Nc2ccc(N3CCN(C)CC3)cc2)nc1Nc1ccc2c(n1)C(O)(CC)CC2. The number of nitrogens with one attached hydrogen (secondary N) is 3. The minimum atomic E-state index is -0.950. The number of nitrogens with zero attached hydrogens (tertiary/aromatic N) is 5. The highest BCUT2D eigenvalue weighted by atomic mass is 16.3. The van der Waals surface area contributed by atoms with Gasteiger partial charge < -0.3 is 30.9 Å². The molecule has 1 atom stereocenters. The maximum Gasteiger partial charge on any atom is 0.257 e. The number of likely N-dealkylation sites (N-methyl/N-ethyl adjacent to an activating group) is 1. The number of hydrogen-bond donors (Lipinski definition) is 4. The smallest absolute Gasteiger partial charge is 0.257 e. The summed E-state index contributed by atoms with van der Waals surface area (Å²) in [6.07, 6.45) is 8.77. The highest BCUT2D eigenvalue weighted by Crippen LogP contribution is 2.38. The summed E-state index contributed by atoms with van der Waals surface area (Å²) in [5.74, 6) is 3.09. The van der Waals surface area contributed by atoms with Crippen molar-refractivity contribution in [2.24, 2.45) is 0 Å². The van der Waals surface area contributed by atoms with E-state index in [2.05, 4.69) is 60.8 Å². The molecule has 5 rings (SSSR count). The van der Waals surface area contributed by atoms with Crippen LogP contribution < -0.4 is 20.9 Å². The number of aryl methyl sites for hydroxylation is 1. The molecule has 1 fully saturated rings. The van der Waals surface area contributed by atoms with E-state index in [0.29, 0.717) is 30.3 Å². The van der Waals surface area contributed by atoms with Crippen LogP contribution in [0.3, 0.4) is 0 Å². The van der Waals surface area contributed by atoms with Crippen molar-refractivity contribution in [2.75, 3.05) is 55.3 Å². The van der Waals surface area contributed by atoms with Crippen molar-refractivity contribution in [1.82, 2.24) is 25.2 Å². The lowest BCUT2D eigenvalue weighted by molar-refractivity contribution is 0.0307. The van der Waals surface area contributed by atoms with Gasteiger partial charge in [0.05, 0.1) is 12.2 Å². The molecule has 4 N–H and O–H groups in total. The van der Waals surface area contributed by atoms with E-state index in [1.165, 1.54) is 11.9 Å². The number of rotatable bonds is 8. The molecule has 1 aromatic carbocycles. The third-order valence-corrected chi connectivity index (χ3v) is 7.44. The van der Waals surface area contributed by atoms with Crippen LogP contribution in [0.5, 0.6) is 0 Å². The topological polar surface area (TPSA) is 119 Å². The average molecular weight is 527 g/mol. The van der Waals surface area contributed by atoms with Gasteiger partial charge in [0.1, 0.15) is 22.8 Å². The summed E-state index contributed by atoms with van der Waals surface area (Å²) in [5.41, 5.74) is 2.98. The van der Waals surface area contributed by atoms with Crippen LogP contribution in [0, 0.1) is 12.3 Å². The second-order valence-corrected chi connectivity index (χ2v) is 10.0. The summed E-state index contributed by atoms with van der Waals surface area (Å²) >= 11 is 0. The number of anilines is 5. The number of amides is 1. The van der Waals surface area contributed by atoms with Gasteiger partial charge in [-0.1, -0.05) is 18.9 Å². The van der Waals surface area contributed by atoms with Gasteiger partial charge in [-0.15, -0.1) is 6.42 Å². The third kappa shape index (κ3) is 5.79. The van der Waals surface area contributed by atoms with Crippen LogP contribution in [0.25, 0.3) is 0 Å². The molecule has 10 nitrogen and oxygen atoms in total. The molecule has 1 unspecified atom stereocenters. The largest absolute Gasteiger partial charge is 0.384 e. The van der Waals surface area contributed by atoms with Gasteiger partial charge >= 0.3 is 0 Å². The number of hydrogen-bond acceptors (Lipinski definition) is 9. The maximum absolute atomic E-state index is 12.8. The summed E-state index contributed by atoms with van der Waals surface area (Å²) in [6.45, 7) is 6.11. The molecule has 1 saturated heterocycles. The first kappa shape index (κ1) is 26.4. The molecule has 2 aliphatic rings. The van der Waals surface area contributed by atoms with E-state index in [0.717, 1.165) is 43.9 Å². The fourth-order valence-electron chi connectivity index (χ4n) is 4.97. The number of aliphatic hydroxyl groups is 1. The zero-order valence-corrected chi connectivity index (χ0v) is 22.4. The second kappa shape index (κ2) is 11.3. The molecular formula is C29H34N8O2. The number of carbonyl (C=O) groups excluding carboxylic acids is 1. The number of piperazine rings is 1. The minimum Gasteiger partial charge on any atom is -0.384 e. The highest BCUT2D eigenvalue weighted by Gasteiger charge is 2.36. The Labute approximate surface area is 228 Å². The third-order valence-electron chi connectivity index (χ3n) is 7.44. The van der Waals surface area contributed by atoms with E-state index >= 15 is 0 Å². The Morgan fingerprint density at radius 2 is 1.87 bits per heavy atom. The molecule has 10 heteroatoms. The monoisotopic (exact) mass is 526 g/mol. The summed E-state index contributed by atoms with van der Waals surface area (Å²) in [4.78, 5) is 31.2. The normalized spacial score (nSPS) is 18.8. The zero-order valence-electron chi connectivity index (χ0n) is 22.4. The predicted molar refractivity (Wildman–Crippen MR) is 153 cm³/mol. The number of carbonyl (C=O) groups is 1. The Balaban J connectivity index is 1.38. The van der Waals surface area contributed by atoms with Crippen LogP contribution in [0.15, 0.2) is 42.6 Å². The number of terminal acetylenes is 1. The van der Waals surface area contributed by atoms with E-state index in [4.69, 9.17) is 11.4 Å². The van der Waals surface area contributed by atoms with Crippen LogP contribution >= 0.6 is 0 Å². The summed E-state index contributed by atoms with van der Waals surface area (Å²) < 4.78 is 0. The number of fused-ring (bicyclic) bond motifs is 1. The fourth-order valence-corrected chi connectivity index (χ4v) is 4.97. The summed E-state index contributed by atoms with van der Waals surface area (Å²) in [5, 5.41) is 20.0. The highest BCUT2D eigenvalue weighted by molar-refractivity contribution is 5.99. The Bertz CT molecular complexity index is 1380. The van der Waals surface area contributed by atoms with Crippen LogP contribution in [0.2, 0.25) is 0 Å². The van der Waals surface area contributed by atoms with E-state index in [-0.39, 0.29) is 17.9 Å². The first-order valence-electron chi connectivity index (χ1n) is 13.3. The van der Waals surface area contributed by atoms with E-state index in [1.54, 1.807) is 0 Å². The second-order valence-electron chi connectivity index (χ2n) is 10.0. The lowest BCUT2D eigenvalue weighted by Crippen LogP contribution is -2.44. The van der Waals surface area contributed by atoms with Gasteiger partial charge in [-0.25, -0.2) is 9.97 Å². The molecule has 3 heterocycles. The predicted octanol–water partition coefficient (Wildman–Crippen LogP) is 3.02. The minimum absolute atomic E-state index is 0.0819. The van der Waals surface area contributed by atoms with Crippen molar-refractivity contribution in [2.45, 2.75) is 31.8 Å². The molecule has 1 aliphatic carbocycles. The number of benzene rings is 1. The lowest BCUT2D eigenvalue weighted by atomic mass is 9.98. The van der Waals surface area contributed by atoms with Gasteiger partial charge in [-0.05, 0) is 62.2 Å². The Kier molecular flexibility index (Phi) is 7.63. The van der Waals surface area contributed by atoms with Crippen LogP contribution in [-0.2, 0) is 12.0 Å². The van der Waals surface area contributed by atoms with Crippen molar-refractivity contribution in [3.8, 4) is 12.3 Å². The molecule has 1 aliphatic heterocycles. The van der Waals surface area contributed by atoms with Crippen LogP contribution in [-0.4, -0.2) is 70.6 Å². The standard InChI is InChI=1S/C29H34N8O2/c1-4-14-30-27(38)23-19-31-28(32-21-7-9-22(10-8-21)37-17-15-36(3)16-18-37)35-26(23)34-24-11-6-20-12-13-29(39,5-2)25(20)33-24/h1,6-11,19,39H,5,12-18H2,2-3H3,(H,30,38)(H2,31,32,33,34,35). The number of aromatic nitrogens is 3. The first-order chi connectivity index (χ1) is 18.9. The Hall–Kier alpha value is -4.20. The quantitative estimate of drug-likeness (QED) is 0.329. The molecular weight excluding hydrogens is 492 g/mol. The Morgan fingerprint density at radius 3 is 2.59 bits per heavy atom. The van der Waals surface area contributed by atoms with Crippen LogP contribution in [0.1, 0.15) is 41.4 Å². The molecule has 39 heavy (non-hydrogen) atoms. The molecule has 3 aromatic rings. The van der Waals surface area contributed by atoms with Gasteiger partial charge in [0.25, 0.3) is 5.91 Å². The summed E-state index contributed by atoms with van der Waals surface area (Å²) in [7, 11) is 2.14. The van der Waals surface area contributed by atoms with Crippen molar-refractivity contribution in [3.63, 3.8) is 0 Å². The van der Waals surface area contributed by atoms with Gasteiger partial charge in [0.15, 0.2) is 0 Å². The first-order valence-corrected chi connectivity index (χ1v) is 13.3. The maximum atomic E-state index is 12.8.